The maximum atomic E-state index is 13.5. The SMILES string of the molecule is NC(=O)c1cncc(OCc2cnc(Nc3ccc(F)c(Cl)c3)nc2-n2ccc(-c3ccsc3)n2)c1. The third-order valence-electron chi connectivity index (χ3n) is 5.03. The van der Waals surface area contributed by atoms with Gasteiger partial charge in [-0.15, -0.1) is 0 Å². The molecule has 0 aliphatic heterocycles. The van der Waals surface area contributed by atoms with Crippen molar-refractivity contribution < 1.29 is 13.9 Å². The Labute approximate surface area is 213 Å². The number of anilines is 2. The zero-order valence-electron chi connectivity index (χ0n) is 18.4. The van der Waals surface area contributed by atoms with Crippen LogP contribution in [-0.4, -0.2) is 30.6 Å². The van der Waals surface area contributed by atoms with E-state index >= 15 is 0 Å². The van der Waals surface area contributed by atoms with Crippen molar-refractivity contribution in [2.45, 2.75) is 6.61 Å². The molecule has 36 heavy (non-hydrogen) atoms. The highest BCUT2D eigenvalue weighted by Crippen LogP contribution is 2.25. The highest BCUT2D eigenvalue weighted by Gasteiger charge is 2.14. The highest BCUT2D eigenvalue weighted by molar-refractivity contribution is 7.08. The lowest BCUT2D eigenvalue weighted by atomic mass is 10.2. The quantitative estimate of drug-likeness (QED) is 0.295. The fourth-order valence-corrected chi connectivity index (χ4v) is 4.09. The van der Waals surface area contributed by atoms with E-state index in [0.29, 0.717) is 22.8 Å². The number of aromatic nitrogens is 5. The predicted octanol–water partition coefficient (Wildman–Crippen LogP) is 5.00. The first-order chi connectivity index (χ1) is 17.5. The van der Waals surface area contributed by atoms with E-state index in [1.165, 1.54) is 36.7 Å². The van der Waals surface area contributed by atoms with Crippen LogP contribution in [0, 0.1) is 5.82 Å². The molecular formula is C24H17ClFN7O2S. The number of benzene rings is 1. The van der Waals surface area contributed by atoms with Crippen molar-refractivity contribution in [3.8, 4) is 22.8 Å². The molecule has 0 aliphatic rings. The minimum atomic E-state index is -0.606. The van der Waals surface area contributed by atoms with E-state index < -0.39 is 11.7 Å². The molecule has 4 heterocycles. The van der Waals surface area contributed by atoms with E-state index in [-0.39, 0.29) is 23.1 Å². The smallest absolute Gasteiger partial charge is 0.250 e. The minimum Gasteiger partial charge on any atom is -0.487 e. The number of nitrogens with zero attached hydrogens (tertiary/aromatic N) is 5. The van der Waals surface area contributed by atoms with Gasteiger partial charge in [0, 0.05) is 35.2 Å². The number of halogens is 2. The molecule has 0 unspecified atom stereocenters. The van der Waals surface area contributed by atoms with Gasteiger partial charge in [0.05, 0.1) is 28.0 Å². The molecule has 0 atom stereocenters. The van der Waals surface area contributed by atoms with Crippen LogP contribution in [0.4, 0.5) is 16.0 Å². The van der Waals surface area contributed by atoms with Crippen LogP contribution in [0.3, 0.4) is 0 Å². The Morgan fingerprint density at radius 1 is 1.19 bits per heavy atom. The van der Waals surface area contributed by atoms with Crippen molar-refractivity contribution in [2.75, 3.05) is 5.32 Å². The second-order valence-corrected chi connectivity index (χ2v) is 8.70. The average molecular weight is 522 g/mol. The average Bonchev–Trinajstić information content (AvgIpc) is 3.58. The van der Waals surface area contributed by atoms with Crippen molar-refractivity contribution in [1.82, 2.24) is 24.7 Å². The molecule has 0 radical (unpaired) electrons. The van der Waals surface area contributed by atoms with Crippen molar-refractivity contribution >= 4 is 40.5 Å². The van der Waals surface area contributed by atoms with Crippen LogP contribution < -0.4 is 15.8 Å². The van der Waals surface area contributed by atoms with E-state index in [1.54, 1.807) is 28.4 Å². The van der Waals surface area contributed by atoms with Gasteiger partial charge < -0.3 is 15.8 Å². The Bertz CT molecular complexity index is 1540. The van der Waals surface area contributed by atoms with Crippen molar-refractivity contribution in [3.63, 3.8) is 0 Å². The molecule has 1 aromatic carbocycles. The summed E-state index contributed by atoms with van der Waals surface area (Å²) in [6.07, 6.45) is 6.21. The fourth-order valence-electron chi connectivity index (χ4n) is 3.26. The lowest BCUT2D eigenvalue weighted by Gasteiger charge is -2.13. The molecule has 5 aromatic rings. The molecule has 180 valence electrons. The van der Waals surface area contributed by atoms with E-state index in [0.717, 1.165) is 11.3 Å². The number of primary amides is 1. The molecule has 0 fully saturated rings. The van der Waals surface area contributed by atoms with Crippen LogP contribution in [0.2, 0.25) is 5.02 Å². The van der Waals surface area contributed by atoms with Crippen LogP contribution >= 0.6 is 22.9 Å². The van der Waals surface area contributed by atoms with Gasteiger partial charge in [0.25, 0.3) is 0 Å². The molecule has 0 saturated heterocycles. The molecule has 0 bridgehead atoms. The van der Waals surface area contributed by atoms with E-state index in [1.807, 2.05) is 22.9 Å². The summed E-state index contributed by atoms with van der Waals surface area (Å²) in [4.78, 5) is 24.4. The number of hydrogen-bond acceptors (Lipinski definition) is 8. The molecule has 0 aliphatic carbocycles. The minimum absolute atomic E-state index is 0.0236. The van der Waals surface area contributed by atoms with E-state index in [4.69, 9.17) is 22.1 Å². The van der Waals surface area contributed by atoms with Crippen molar-refractivity contribution in [2.24, 2.45) is 5.73 Å². The fraction of sp³-hybridized carbons (Fsp3) is 0.0417. The topological polar surface area (TPSA) is 121 Å². The summed E-state index contributed by atoms with van der Waals surface area (Å²) in [5.41, 5.74) is 8.45. The number of amides is 1. The summed E-state index contributed by atoms with van der Waals surface area (Å²) >= 11 is 7.47. The number of ether oxygens (including phenoxy) is 1. The number of thiophene rings is 1. The van der Waals surface area contributed by atoms with E-state index in [9.17, 15) is 9.18 Å². The molecule has 0 saturated carbocycles. The van der Waals surface area contributed by atoms with Crippen LogP contribution in [0.1, 0.15) is 15.9 Å². The van der Waals surface area contributed by atoms with Gasteiger partial charge in [-0.25, -0.2) is 14.1 Å². The number of nitrogens with two attached hydrogens (primary N) is 1. The zero-order valence-corrected chi connectivity index (χ0v) is 20.0. The standard InChI is InChI=1S/C24H17ClFN7O2S/c25-19-8-17(1-2-20(19)26)30-24-29-10-16(12-35-18-7-15(22(27)34)9-28-11-18)23(31-24)33-5-3-21(32-33)14-4-6-36-13-14/h1-11,13H,12H2,(H2,27,34)(H,29,30,31). The maximum Gasteiger partial charge on any atom is 0.250 e. The largest absolute Gasteiger partial charge is 0.487 e. The third kappa shape index (κ3) is 5.16. The van der Waals surface area contributed by atoms with Gasteiger partial charge in [0.2, 0.25) is 11.9 Å². The van der Waals surface area contributed by atoms with Gasteiger partial charge in [-0.3, -0.25) is 9.78 Å². The summed E-state index contributed by atoms with van der Waals surface area (Å²) < 4.78 is 21.0. The van der Waals surface area contributed by atoms with Crippen LogP contribution in [0.5, 0.6) is 5.75 Å². The Morgan fingerprint density at radius 2 is 2.08 bits per heavy atom. The summed E-state index contributed by atoms with van der Waals surface area (Å²) in [6, 6.07) is 9.59. The lowest BCUT2D eigenvalue weighted by Crippen LogP contribution is -2.12. The zero-order chi connectivity index (χ0) is 25.1. The summed E-state index contributed by atoms with van der Waals surface area (Å²) in [7, 11) is 0. The Morgan fingerprint density at radius 3 is 2.86 bits per heavy atom. The second kappa shape index (κ2) is 10.1. The van der Waals surface area contributed by atoms with E-state index in [2.05, 4.69) is 25.4 Å². The molecule has 0 spiro atoms. The second-order valence-electron chi connectivity index (χ2n) is 7.52. The van der Waals surface area contributed by atoms with Gasteiger partial charge in [0.15, 0.2) is 5.82 Å². The number of hydrogen-bond donors (Lipinski definition) is 2. The van der Waals surface area contributed by atoms with Gasteiger partial charge in [0.1, 0.15) is 18.2 Å². The van der Waals surface area contributed by atoms with Gasteiger partial charge in [-0.05, 0) is 41.8 Å². The van der Waals surface area contributed by atoms with Crippen molar-refractivity contribution in [1.29, 1.82) is 0 Å². The van der Waals surface area contributed by atoms with Gasteiger partial charge in [-0.2, -0.15) is 21.4 Å². The number of carbonyl (C=O) groups excluding carboxylic acids is 1. The maximum absolute atomic E-state index is 13.5. The normalized spacial score (nSPS) is 10.8. The van der Waals surface area contributed by atoms with Crippen LogP contribution in [-0.2, 0) is 6.61 Å². The van der Waals surface area contributed by atoms with Crippen LogP contribution in [0.15, 0.2) is 71.9 Å². The monoisotopic (exact) mass is 521 g/mol. The van der Waals surface area contributed by atoms with Crippen molar-refractivity contribution in [3.05, 3.63) is 93.9 Å². The summed E-state index contributed by atoms with van der Waals surface area (Å²) in [6.45, 7) is 0.0650. The third-order valence-corrected chi connectivity index (χ3v) is 6.01. The molecule has 5 rings (SSSR count). The Hall–Kier alpha value is -4.35. The first-order valence-corrected chi connectivity index (χ1v) is 11.8. The van der Waals surface area contributed by atoms with Crippen LogP contribution in [0.25, 0.3) is 17.1 Å². The Balaban J connectivity index is 1.47. The first-order valence-electron chi connectivity index (χ1n) is 10.5. The number of carbonyl (C=O) groups is 1. The number of nitrogens with one attached hydrogen (secondary N) is 1. The molecule has 4 aromatic heterocycles. The molecule has 3 N–H and O–H groups in total. The summed E-state index contributed by atoms with van der Waals surface area (Å²) in [5.74, 6) is -0.0584. The molecule has 1 amide bonds. The molecule has 9 nitrogen and oxygen atoms in total. The lowest BCUT2D eigenvalue weighted by molar-refractivity contribution is 0.0999. The molecular weight excluding hydrogens is 505 g/mol. The number of rotatable bonds is 8. The predicted molar refractivity (Wildman–Crippen MR) is 134 cm³/mol. The van der Waals surface area contributed by atoms with Gasteiger partial charge in [-0.1, -0.05) is 11.6 Å². The highest BCUT2D eigenvalue weighted by atomic mass is 35.5. The Kier molecular flexibility index (Phi) is 6.56. The van der Waals surface area contributed by atoms with Gasteiger partial charge >= 0.3 is 0 Å². The number of pyridine rings is 1. The molecule has 12 heteroatoms. The summed E-state index contributed by atoms with van der Waals surface area (Å²) in [5, 5.41) is 11.6. The first kappa shape index (κ1) is 23.4.